The van der Waals surface area contributed by atoms with Gasteiger partial charge in [-0.2, -0.15) is 0 Å². The van der Waals surface area contributed by atoms with Crippen LogP contribution in [-0.2, 0) is 11.3 Å². The van der Waals surface area contributed by atoms with E-state index in [1.54, 1.807) is 0 Å². The van der Waals surface area contributed by atoms with Crippen LogP contribution < -0.4 is 14.8 Å². The van der Waals surface area contributed by atoms with Gasteiger partial charge < -0.3 is 24.4 Å². The lowest BCUT2D eigenvalue weighted by Gasteiger charge is -2.30. The number of rotatable bonds is 6. The summed E-state index contributed by atoms with van der Waals surface area (Å²) < 4.78 is 16.4. The van der Waals surface area contributed by atoms with Crippen LogP contribution in [0.3, 0.4) is 0 Å². The first-order chi connectivity index (χ1) is 15.8. The van der Waals surface area contributed by atoms with Gasteiger partial charge in [0.15, 0.2) is 11.5 Å². The van der Waals surface area contributed by atoms with E-state index in [1.807, 2.05) is 65.6 Å². The molecule has 0 unspecified atom stereocenters. The molecule has 166 valence electrons. The van der Waals surface area contributed by atoms with Crippen LogP contribution in [0, 0.1) is 0 Å². The number of anilines is 1. The quantitative estimate of drug-likeness (QED) is 0.638. The Morgan fingerprint density at radius 3 is 2.69 bits per heavy atom. The highest BCUT2D eigenvalue weighted by Crippen LogP contribution is 2.33. The molecular weight excluding hydrogens is 406 g/mol. The van der Waals surface area contributed by atoms with Gasteiger partial charge in [0.05, 0.1) is 18.9 Å². The third kappa shape index (κ3) is 4.64. The number of morpholine rings is 1. The fourth-order valence-electron chi connectivity index (χ4n) is 4.13. The first-order valence-electron chi connectivity index (χ1n) is 11.0. The molecule has 32 heavy (non-hydrogen) atoms. The standard InChI is InChI=1S/C25H27N3O4/c29-25(26-22-7-3-5-20-4-1-2-6-21(20)22)28(11-10-27-12-14-30-15-13-27)17-19-8-9-23-24(16-19)32-18-31-23/h1-9,16H,10-15,17-18H2,(H,26,29). The molecule has 0 aliphatic carbocycles. The Morgan fingerprint density at radius 1 is 0.969 bits per heavy atom. The first kappa shape index (κ1) is 20.6. The first-order valence-corrected chi connectivity index (χ1v) is 11.0. The van der Waals surface area contributed by atoms with Crippen LogP contribution >= 0.6 is 0 Å². The zero-order chi connectivity index (χ0) is 21.8. The molecule has 7 nitrogen and oxygen atoms in total. The minimum absolute atomic E-state index is 0.118. The highest BCUT2D eigenvalue weighted by atomic mass is 16.7. The predicted molar refractivity (Wildman–Crippen MR) is 123 cm³/mol. The molecule has 1 N–H and O–H groups in total. The van der Waals surface area contributed by atoms with Crippen LogP contribution in [0.15, 0.2) is 60.7 Å². The predicted octanol–water partition coefficient (Wildman–Crippen LogP) is 3.93. The van der Waals surface area contributed by atoms with Gasteiger partial charge in [-0.1, -0.05) is 42.5 Å². The molecule has 3 aromatic carbocycles. The lowest BCUT2D eigenvalue weighted by molar-refractivity contribution is 0.0349. The molecule has 0 radical (unpaired) electrons. The molecule has 0 spiro atoms. The Balaban J connectivity index is 1.34. The molecule has 0 bridgehead atoms. The maximum absolute atomic E-state index is 13.4. The number of nitrogens with zero attached hydrogens (tertiary/aromatic N) is 2. The second kappa shape index (κ2) is 9.46. The summed E-state index contributed by atoms with van der Waals surface area (Å²) in [4.78, 5) is 17.6. The van der Waals surface area contributed by atoms with Crippen LogP contribution in [0.2, 0.25) is 0 Å². The van der Waals surface area contributed by atoms with Crippen LogP contribution in [-0.4, -0.2) is 62.0 Å². The number of carbonyl (C=O) groups is 1. The summed E-state index contributed by atoms with van der Waals surface area (Å²) in [5, 5.41) is 5.26. The van der Waals surface area contributed by atoms with Crippen molar-refractivity contribution in [2.75, 3.05) is 51.5 Å². The van der Waals surface area contributed by atoms with Gasteiger partial charge in [0.25, 0.3) is 0 Å². The van der Waals surface area contributed by atoms with Gasteiger partial charge in [-0.3, -0.25) is 4.90 Å². The lowest BCUT2D eigenvalue weighted by atomic mass is 10.1. The minimum atomic E-state index is -0.118. The van der Waals surface area contributed by atoms with Gasteiger partial charge in [0.1, 0.15) is 0 Å². The monoisotopic (exact) mass is 433 g/mol. The zero-order valence-electron chi connectivity index (χ0n) is 18.0. The van der Waals surface area contributed by atoms with Crippen molar-refractivity contribution in [1.29, 1.82) is 0 Å². The summed E-state index contributed by atoms with van der Waals surface area (Å²) in [6.45, 7) is 5.40. The third-order valence-corrected chi connectivity index (χ3v) is 5.92. The molecule has 0 saturated carbocycles. The molecule has 2 aliphatic rings. The zero-order valence-corrected chi connectivity index (χ0v) is 18.0. The minimum Gasteiger partial charge on any atom is -0.454 e. The number of amides is 2. The van der Waals surface area contributed by atoms with Crippen molar-refractivity contribution in [3.8, 4) is 11.5 Å². The molecule has 2 aliphatic heterocycles. The number of fused-ring (bicyclic) bond motifs is 2. The maximum Gasteiger partial charge on any atom is 0.322 e. The highest BCUT2D eigenvalue weighted by Gasteiger charge is 2.20. The molecule has 1 fully saturated rings. The molecule has 3 aromatic rings. The van der Waals surface area contributed by atoms with E-state index in [-0.39, 0.29) is 12.8 Å². The second-order valence-corrected chi connectivity index (χ2v) is 8.02. The van der Waals surface area contributed by atoms with Crippen LogP contribution in [0.5, 0.6) is 11.5 Å². The molecule has 2 amide bonds. The van der Waals surface area contributed by atoms with E-state index in [0.29, 0.717) is 13.1 Å². The van der Waals surface area contributed by atoms with Gasteiger partial charge >= 0.3 is 6.03 Å². The Labute approximate surface area is 187 Å². The number of ether oxygens (including phenoxy) is 3. The average Bonchev–Trinajstić information content (AvgIpc) is 3.30. The maximum atomic E-state index is 13.4. The number of benzene rings is 3. The number of hydrogen-bond donors (Lipinski definition) is 1. The summed E-state index contributed by atoms with van der Waals surface area (Å²) in [5.41, 5.74) is 1.82. The van der Waals surface area contributed by atoms with Crippen molar-refractivity contribution in [3.63, 3.8) is 0 Å². The lowest BCUT2D eigenvalue weighted by Crippen LogP contribution is -2.44. The molecule has 2 heterocycles. The van der Waals surface area contributed by atoms with E-state index in [2.05, 4.69) is 10.2 Å². The van der Waals surface area contributed by atoms with Gasteiger partial charge in [0.2, 0.25) is 6.79 Å². The van der Waals surface area contributed by atoms with Crippen molar-refractivity contribution in [2.24, 2.45) is 0 Å². The summed E-state index contributed by atoms with van der Waals surface area (Å²) in [5.74, 6) is 1.47. The number of carbonyl (C=O) groups excluding carboxylic acids is 1. The van der Waals surface area contributed by atoms with Crippen molar-refractivity contribution >= 4 is 22.5 Å². The smallest absolute Gasteiger partial charge is 0.322 e. The second-order valence-electron chi connectivity index (χ2n) is 8.02. The molecule has 0 aromatic heterocycles. The van der Waals surface area contributed by atoms with Gasteiger partial charge in [-0.15, -0.1) is 0 Å². The number of nitrogens with one attached hydrogen (secondary N) is 1. The largest absolute Gasteiger partial charge is 0.454 e. The van der Waals surface area contributed by atoms with Crippen molar-refractivity contribution in [2.45, 2.75) is 6.54 Å². The molecular formula is C25H27N3O4. The van der Waals surface area contributed by atoms with E-state index in [0.717, 1.165) is 66.4 Å². The van der Waals surface area contributed by atoms with Gasteiger partial charge in [0, 0.05) is 38.1 Å². The fraction of sp³-hybridized carbons (Fsp3) is 0.320. The SMILES string of the molecule is O=C(Nc1cccc2ccccc12)N(CCN1CCOCC1)Cc1ccc2c(c1)OCO2. The fourth-order valence-corrected chi connectivity index (χ4v) is 4.13. The molecule has 7 heteroatoms. The topological polar surface area (TPSA) is 63.3 Å². The van der Waals surface area contributed by atoms with E-state index in [1.165, 1.54) is 0 Å². The van der Waals surface area contributed by atoms with Crippen molar-refractivity contribution < 1.29 is 19.0 Å². The van der Waals surface area contributed by atoms with Crippen molar-refractivity contribution in [1.82, 2.24) is 9.80 Å². The van der Waals surface area contributed by atoms with Crippen LogP contribution in [0.25, 0.3) is 10.8 Å². The summed E-state index contributed by atoms with van der Waals surface area (Å²) in [6.07, 6.45) is 0. The number of urea groups is 1. The summed E-state index contributed by atoms with van der Waals surface area (Å²) >= 11 is 0. The van der Waals surface area contributed by atoms with Crippen LogP contribution in [0.4, 0.5) is 10.5 Å². The molecule has 5 rings (SSSR count). The van der Waals surface area contributed by atoms with E-state index >= 15 is 0 Å². The third-order valence-electron chi connectivity index (χ3n) is 5.92. The highest BCUT2D eigenvalue weighted by molar-refractivity contribution is 6.01. The Kier molecular flexibility index (Phi) is 6.09. The summed E-state index contributed by atoms with van der Waals surface area (Å²) in [6, 6.07) is 19.8. The van der Waals surface area contributed by atoms with E-state index in [4.69, 9.17) is 14.2 Å². The Morgan fingerprint density at radius 2 is 1.78 bits per heavy atom. The summed E-state index contributed by atoms with van der Waals surface area (Å²) in [7, 11) is 0. The van der Waals surface area contributed by atoms with Gasteiger partial charge in [-0.25, -0.2) is 4.79 Å². The Hall–Kier alpha value is -3.29. The van der Waals surface area contributed by atoms with Gasteiger partial charge in [-0.05, 0) is 29.1 Å². The average molecular weight is 434 g/mol. The van der Waals surface area contributed by atoms with Crippen LogP contribution in [0.1, 0.15) is 5.56 Å². The Bertz CT molecular complexity index is 1090. The molecule has 0 atom stereocenters. The van der Waals surface area contributed by atoms with Crippen molar-refractivity contribution in [3.05, 3.63) is 66.2 Å². The molecule has 1 saturated heterocycles. The van der Waals surface area contributed by atoms with E-state index in [9.17, 15) is 4.79 Å². The van der Waals surface area contributed by atoms with E-state index < -0.39 is 0 Å². The normalized spacial score (nSPS) is 15.6. The number of hydrogen-bond acceptors (Lipinski definition) is 5.